The fraction of sp³-hybridized carbons (Fsp3) is 0.409. The summed E-state index contributed by atoms with van der Waals surface area (Å²) in [6.07, 6.45) is 4.77. The Kier molecular flexibility index (Phi) is 8.46. The SMILES string of the molecule is CC(=O)NCCCCCC(=O)NCc1ccnc(Oc2cc(C)cc(C)c2)c1. The molecule has 0 aliphatic heterocycles. The van der Waals surface area contributed by atoms with E-state index in [1.54, 1.807) is 6.20 Å². The molecule has 0 spiro atoms. The van der Waals surface area contributed by atoms with Gasteiger partial charge < -0.3 is 15.4 Å². The molecule has 150 valence electrons. The molecule has 0 unspecified atom stereocenters. The predicted molar refractivity (Wildman–Crippen MR) is 109 cm³/mol. The lowest BCUT2D eigenvalue weighted by molar-refractivity contribution is -0.121. The van der Waals surface area contributed by atoms with Gasteiger partial charge in [0.15, 0.2) is 0 Å². The van der Waals surface area contributed by atoms with E-state index < -0.39 is 0 Å². The summed E-state index contributed by atoms with van der Waals surface area (Å²) in [5.41, 5.74) is 3.21. The minimum absolute atomic E-state index is 0.0176. The van der Waals surface area contributed by atoms with E-state index in [1.807, 2.05) is 38.1 Å². The zero-order valence-corrected chi connectivity index (χ0v) is 16.9. The van der Waals surface area contributed by atoms with Gasteiger partial charge in [-0.2, -0.15) is 0 Å². The second-order valence-electron chi connectivity index (χ2n) is 7.00. The van der Waals surface area contributed by atoms with Crippen LogP contribution in [0.2, 0.25) is 0 Å². The summed E-state index contributed by atoms with van der Waals surface area (Å²) in [5.74, 6) is 1.27. The van der Waals surface area contributed by atoms with Gasteiger partial charge in [0.05, 0.1) is 0 Å². The highest BCUT2D eigenvalue weighted by atomic mass is 16.5. The molecular formula is C22H29N3O3. The van der Waals surface area contributed by atoms with Crippen molar-refractivity contribution < 1.29 is 14.3 Å². The lowest BCUT2D eigenvalue weighted by Crippen LogP contribution is -2.23. The first kappa shape index (κ1) is 21.4. The van der Waals surface area contributed by atoms with Gasteiger partial charge in [-0.1, -0.05) is 12.5 Å². The Morgan fingerprint density at radius 2 is 1.75 bits per heavy atom. The van der Waals surface area contributed by atoms with Crippen LogP contribution in [0.5, 0.6) is 11.6 Å². The molecule has 2 aromatic rings. The molecule has 0 fully saturated rings. The van der Waals surface area contributed by atoms with Crippen molar-refractivity contribution in [2.75, 3.05) is 6.54 Å². The quantitative estimate of drug-likeness (QED) is 0.612. The van der Waals surface area contributed by atoms with Gasteiger partial charge in [0.2, 0.25) is 17.7 Å². The highest BCUT2D eigenvalue weighted by Gasteiger charge is 2.05. The average molecular weight is 383 g/mol. The Bertz CT molecular complexity index is 785. The van der Waals surface area contributed by atoms with Gasteiger partial charge in [-0.25, -0.2) is 4.98 Å². The molecule has 1 heterocycles. The van der Waals surface area contributed by atoms with Crippen LogP contribution in [-0.4, -0.2) is 23.3 Å². The van der Waals surface area contributed by atoms with Crippen molar-refractivity contribution in [3.05, 3.63) is 53.2 Å². The molecule has 1 aromatic carbocycles. The number of amides is 2. The van der Waals surface area contributed by atoms with Crippen LogP contribution in [0.25, 0.3) is 0 Å². The second-order valence-corrected chi connectivity index (χ2v) is 7.00. The fourth-order valence-corrected chi connectivity index (χ4v) is 2.87. The van der Waals surface area contributed by atoms with Gasteiger partial charge in [-0.15, -0.1) is 0 Å². The molecule has 2 amide bonds. The number of carbonyl (C=O) groups excluding carboxylic acids is 2. The molecule has 1 aromatic heterocycles. The highest BCUT2D eigenvalue weighted by molar-refractivity contribution is 5.75. The third kappa shape index (κ3) is 8.20. The number of ether oxygens (including phenoxy) is 1. The molecular weight excluding hydrogens is 354 g/mol. The van der Waals surface area contributed by atoms with Crippen molar-refractivity contribution in [1.82, 2.24) is 15.6 Å². The Hall–Kier alpha value is -2.89. The van der Waals surface area contributed by atoms with E-state index >= 15 is 0 Å². The fourth-order valence-electron chi connectivity index (χ4n) is 2.87. The van der Waals surface area contributed by atoms with Gasteiger partial charge in [0.1, 0.15) is 5.75 Å². The molecule has 0 saturated carbocycles. The van der Waals surface area contributed by atoms with Crippen LogP contribution in [0.3, 0.4) is 0 Å². The number of unbranched alkanes of at least 4 members (excludes halogenated alkanes) is 2. The first-order valence-electron chi connectivity index (χ1n) is 9.64. The van der Waals surface area contributed by atoms with Crippen LogP contribution in [0.1, 0.15) is 49.3 Å². The Morgan fingerprint density at radius 1 is 1.00 bits per heavy atom. The standard InChI is InChI=1S/C22H29N3O3/c1-16-11-17(2)13-20(12-16)28-22-14-19(8-10-24-22)15-25-21(27)7-5-4-6-9-23-18(3)26/h8,10-14H,4-7,9,15H2,1-3H3,(H,23,26)(H,25,27). The number of pyridine rings is 1. The van der Waals surface area contributed by atoms with E-state index in [4.69, 9.17) is 4.74 Å². The molecule has 6 nitrogen and oxygen atoms in total. The maximum atomic E-state index is 12.0. The normalized spacial score (nSPS) is 10.4. The maximum Gasteiger partial charge on any atom is 0.220 e. The largest absolute Gasteiger partial charge is 0.439 e. The summed E-state index contributed by atoms with van der Waals surface area (Å²) in [5, 5.41) is 5.68. The minimum atomic E-state index is -0.0176. The summed E-state index contributed by atoms with van der Waals surface area (Å²) < 4.78 is 5.85. The van der Waals surface area contributed by atoms with Crippen LogP contribution in [0, 0.1) is 13.8 Å². The number of carbonyl (C=O) groups is 2. The smallest absolute Gasteiger partial charge is 0.220 e. The van der Waals surface area contributed by atoms with E-state index in [1.165, 1.54) is 6.92 Å². The van der Waals surface area contributed by atoms with Crippen LogP contribution >= 0.6 is 0 Å². The summed E-state index contributed by atoms with van der Waals surface area (Å²) in [7, 11) is 0. The van der Waals surface area contributed by atoms with Gasteiger partial charge in [-0.3, -0.25) is 9.59 Å². The summed E-state index contributed by atoms with van der Waals surface area (Å²) >= 11 is 0. The van der Waals surface area contributed by atoms with E-state index in [0.29, 0.717) is 25.4 Å². The molecule has 0 aliphatic rings. The number of hydrogen-bond donors (Lipinski definition) is 2. The molecule has 2 N–H and O–H groups in total. The monoisotopic (exact) mass is 383 g/mol. The first-order chi connectivity index (χ1) is 13.4. The summed E-state index contributed by atoms with van der Waals surface area (Å²) in [6, 6.07) is 9.73. The van der Waals surface area contributed by atoms with Crippen molar-refractivity contribution in [2.45, 2.75) is 53.0 Å². The molecule has 0 bridgehead atoms. The topological polar surface area (TPSA) is 80.3 Å². The van der Waals surface area contributed by atoms with Crippen LogP contribution in [-0.2, 0) is 16.1 Å². The Labute approximate surface area is 166 Å². The van der Waals surface area contributed by atoms with Crippen molar-refractivity contribution in [2.24, 2.45) is 0 Å². The highest BCUT2D eigenvalue weighted by Crippen LogP contribution is 2.22. The molecule has 6 heteroatoms. The first-order valence-corrected chi connectivity index (χ1v) is 9.64. The van der Waals surface area contributed by atoms with Gasteiger partial charge >= 0.3 is 0 Å². The van der Waals surface area contributed by atoms with Gasteiger partial charge in [0, 0.05) is 38.7 Å². The molecule has 28 heavy (non-hydrogen) atoms. The van der Waals surface area contributed by atoms with Gasteiger partial charge in [-0.05, 0) is 61.6 Å². The van der Waals surface area contributed by atoms with Crippen LogP contribution < -0.4 is 15.4 Å². The van der Waals surface area contributed by atoms with Gasteiger partial charge in [0.25, 0.3) is 0 Å². The number of nitrogens with zero attached hydrogens (tertiary/aromatic N) is 1. The Balaban J connectivity index is 1.75. The van der Waals surface area contributed by atoms with Crippen molar-refractivity contribution in [3.8, 4) is 11.6 Å². The minimum Gasteiger partial charge on any atom is -0.439 e. The number of nitrogens with one attached hydrogen (secondary N) is 2. The molecule has 0 atom stereocenters. The maximum absolute atomic E-state index is 12.0. The molecule has 2 rings (SSSR count). The second kappa shape index (κ2) is 11.1. The average Bonchev–Trinajstić information content (AvgIpc) is 2.62. The van der Waals surface area contributed by atoms with E-state index in [9.17, 15) is 9.59 Å². The summed E-state index contributed by atoms with van der Waals surface area (Å²) in [6.45, 7) is 6.66. The number of hydrogen-bond acceptors (Lipinski definition) is 4. The van der Waals surface area contributed by atoms with E-state index in [0.717, 1.165) is 41.7 Å². The lowest BCUT2D eigenvalue weighted by atomic mass is 10.1. The lowest BCUT2D eigenvalue weighted by Gasteiger charge is -2.09. The van der Waals surface area contributed by atoms with E-state index in [2.05, 4.69) is 21.7 Å². The third-order valence-electron chi connectivity index (χ3n) is 4.16. The number of benzene rings is 1. The zero-order chi connectivity index (χ0) is 20.4. The molecule has 0 radical (unpaired) electrons. The van der Waals surface area contributed by atoms with Crippen LogP contribution in [0.4, 0.5) is 0 Å². The number of rotatable bonds is 10. The third-order valence-corrected chi connectivity index (χ3v) is 4.16. The van der Waals surface area contributed by atoms with E-state index in [-0.39, 0.29) is 11.8 Å². The number of aryl methyl sites for hydroxylation is 2. The number of aromatic nitrogens is 1. The van der Waals surface area contributed by atoms with Crippen molar-refractivity contribution in [3.63, 3.8) is 0 Å². The molecule has 0 aliphatic carbocycles. The summed E-state index contributed by atoms with van der Waals surface area (Å²) in [4.78, 5) is 27.0. The van der Waals surface area contributed by atoms with Crippen molar-refractivity contribution >= 4 is 11.8 Å². The van der Waals surface area contributed by atoms with Crippen LogP contribution in [0.15, 0.2) is 36.5 Å². The zero-order valence-electron chi connectivity index (χ0n) is 16.9. The predicted octanol–water partition coefficient (Wildman–Crippen LogP) is 3.80. The molecule has 0 saturated heterocycles. The Morgan fingerprint density at radius 3 is 2.46 bits per heavy atom. The van der Waals surface area contributed by atoms with Crippen molar-refractivity contribution in [1.29, 1.82) is 0 Å².